The first kappa shape index (κ1) is 18.3. The normalized spacial score (nSPS) is 16.3. The van der Waals surface area contributed by atoms with E-state index >= 15 is 0 Å². The summed E-state index contributed by atoms with van der Waals surface area (Å²) in [5.41, 5.74) is 2.44. The first-order valence-electron chi connectivity index (χ1n) is 8.25. The molecule has 7 nitrogen and oxygen atoms in total. The Hall–Kier alpha value is -2.52. The van der Waals surface area contributed by atoms with Gasteiger partial charge in [-0.3, -0.25) is 10.4 Å². The van der Waals surface area contributed by atoms with Crippen LogP contribution in [0.25, 0.3) is 11.1 Å². The summed E-state index contributed by atoms with van der Waals surface area (Å²) in [5.74, 6) is 0.280. The molecule has 1 saturated heterocycles. The maximum atomic E-state index is 13.3. The van der Waals surface area contributed by atoms with Crippen LogP contribution in [0.15, 0.2) is 24.3 Å². The fourth-order valence-corrected chi connectivity index (χ4v) is 2.99. The Balaban J connectivity index is 1.88. The van der Waals surface area contributed by atoms with Crippen molar-refractivity contribution in [2.75, 3.05) is 25.1 Å². The van der Waals surface area contributed by atoms with Gasteiger partial charge in [-0.2, -0.15) is 5.10 Å². The number of H-pyrrole nitrogens is 1. The Labute approximate surface area is 155 Å². The molecule has 26 heavy (non-hydrogen) atoms. The summed E-state index contributed by atoms with van der Waals surface area (Å²) >= 11 is 5.14. The summed E-state index contributed by atoms with van der Waals surface area (Å²) in [6.07, 6.45) is 0.217. The molecule has 2 aromatic rings. The number of aromatic nitrogens is 2. The van der Waals surface area contributed by atoms with E-state index < -0.39 is 6.09 Å². The minimum Gasteiger partial charge on any atom is -0.450 e. The fourth-order valence-electron chi connectivity index (χ4n) is 2.81. The van der Waals surface area contributed by atoms with Gasteiger partial charge in [-0.15, -0.1) is 0 Å². The Kier molecular flexibility index (Phi) is 5.79. The quantitative estimate of drug-likeness (QED) is 0.709. The van der Waals surface area contributed by atoms with Gasteiger partial charge in [0.2, 0.25) is 0 Å². The number of nitrogens with zero attached hydrogens (tertiary/aromatic N) is 1. The molecule has 0 bridgehead atoms. The number of benzene rings is 1. The van der Waals surface area contributed by atoms with E-state index in [1.54, 1.807) is 19.1 Å². The van der Waals surface area contributed by atoms with Crippen LogP contribution in [-0.2, 0) is 9.47 Å². The molecular weight excluding hydrogens is 359 g/mol. The number of hydrogen-bond acceptors (Lipinski definition) is 5. The van der Waals surface area contributed by atoms with E-state index in [9.17, 15) is 9.18 Å². The SMILES string of the molecule is CCOC(=O)NC(=S)Nc1n[nH]c(C2CCOC2)c1-c1ccc(F)cc1. The van der Waals surface area contributed by atoms with Crippen LogP contribution in [0.3, 0.4) is 0 Å². The molecule has 1 aliphatic rings. The van der Waals surface area contributed by atoms with E-state index in [0.29, 0.717) is 19.0 Å². The molecule has 1 unspecified atom stereocenters. The highest BCUT2D eigenvalue weighted by atomic mass is 32.1. The van der Waals surface area contributed by atoms with E-state index in [4.69, 9.17) is 21.7 Å². The maximum Gasteiger partial charge on any atom is 0.413 e. The van der Waals surface area contributed by atoms with Gasteiger partial charge < -0.3 is 14.8 Å². The minimum absolute atomic E-state index is 0.0625. The monoisotopic (exact) mass is 378 g/mol. The second kappa shape index (κ2) is 8.24. The maximum absolute atomic E-state index is 13.3. The Morgan fingerprint density at radius 2 is 2.23 bits per heavy atom. The van der Waals surface area contributed by atoms with Crippen molar-refractivity contribution in [3.05, 3.63) is 35.8 Å². The van der Waals surface area contributed by atoms with Crippen molar-refractivity contribution in [1.29, 1.82) is 0 Å². The van der Waals surface area contributed by atoms with Crippen LogP contribution in [0.2, 0.25) is 0 Å². The van der Waals surface area contributed by atoms with Crippen molar-refractivity contribution >= 4 is 29.2 Å². The highest BCUT2D eigenvalue weighted by molar-refractivity contribution is 7.80. The smallest absolute Gasteiger partial charge is 0.413 e. The van der Waals surface area contributed by atoms with Crippen LogP contribution < -0.4 is 10.6 Å². The molecule has 9 heteroatoms. The third-order valence-corrected chi connectivity index (χ3v) is 4.19. The molecule has 0 spiro atoms. The minimum atomic E-state index is -0.645. The lowest BCUT2D eigenvalue weighted by Crippen LogP contribution is -2.34. The van der Waals surface area contributed by atoms with Crippen LogP contribution in [0.4, 0.5) is 15.0 Å². The van der Waals surface area contributed by atoms with E-state index in [1.807, 2.05) is 0 Å². The zero-order valence-electron chi connectivity index (χ0n) is 14.2. The third-order valence-electron chi connectivity index (χ3n) is 3.99. The predicted molar refractivity (Wildman–Crippen MR) is 98.5 cm³/mol. The Bertz CT molecular complexity index is 788. The second-order valence-electron chi connectivity index (χ2n) is 5.73. The number of nitrogens with one attached hydrogen (secondary N) is 3. The molecule has 0 radical (unpaired) electrons. The zero-order chi connectivity index (χ0) is 18.5. The number of aromatic amines is 1. The van der Waals surface area contributed by atoms with E-state index in [0.717, 1.165) is 23.2 Å². The first-order chi connectivity index (χ1) is 12.6. The van der Waals surface area contributed by atoms with E-state index in [2.05, 4.69) is 20.8 Å². The lowest BCUT2D eigenvalue weighted by molar-refractivity contribution is 0.158. The molecule has 2 heterocycles. The number of thiocarbonyl (C=S) groups is 1. The summed E-state index contributed by atoms with van der Waals surface area (Å²) in [5, 5.41) is 12.7. The largest absolute Gasteiger partial charge is 0.450 e. The van der Waals surface area contributed by atoms with Gasteiger partial charge in [0.05, 0.1) is 18.9 Å². The standard InChI is InChI=1S/C17H19FN4O3S/c1-2-25-17(23)20-16(26)19-15-13(10-3-5-12(18)6-4-10)14(21-22-15)11-7-8-24-9-11/h3-6,11H,2,7-9H2,1H3,(H3,19,20,21,22,23,26). The van der Waals surface area contributed by atoms with Gasteiger partial charge in [0.15, 0.2) is 10.9 Å². The molecule has 138 valence electrons. The van der Waals surface area contributed by atoms with Gasteiger partial charge in [-0.25, -0.2) is 9.18 Å². The number of amides is 1. The number of hydrogen-bond donors (Lipinski definition) is 3. The number of ether oxygens (including phenoxy) is 2. The molecule has 1 aromatic heterocycles. The van der Waals surface area contributed by atoms with Crippen molar-refractivity contribution in [1.82, 2.24) is 15.5 Å². The van der Waals surface area contributed by atoms with Crippen LogP contribution in [0.1, 0.15) is 25.0 Å². The average molecular weight is 378 g/mol. The van der Waals surface area contributed by atoms with Gasteiger partial charge in [0.25, 0.3) is 0 Å². The molecule has 1 atom stereocenters. The molecule has 0 aliphatic carbocycles. The zero-order valence-corrected chi connectivity index (χ0v) is 15.0. The summed E-state index contributed by atoms with van der Waals surface area (Å²) < 4.78 is 23.6. The summed E-state index contributed by atoms with van der Waals surface area (Å²) in [4.78, 5) is 11.5. The number of alkyl carbamates (subject to hydrolysis) is 1. The summed E-state index contributed by atoms with van der Waals surface area (Å²) in [7, 11) is 0. The summed E-state index contributed by atoms with van der Waals surface area (Å²) in [6.45, 7) is 3.20. The molecule has 0 saturated carbocycles. The van der Waals surface area contributed by atoms with Crippen molar-refractivity contribution in [2.45, 2.75) is 19.3 Å². The van der Waals surface area contributed by atoms with E-state index in [-0.39, 0.29) is 23.5 Å². The van der Waals surface area contributed by atoms with Crippen molar-refractivity contribution in [3.63, 3.8) is 0 Å². The number of carbonyl (C=O) groups is 1. The van der Waals surface area contributed by atoms with Crippen LogP contribution >= 0.6 is 12.2 Å². The average Bonchev–Trinajstić information content (AvgIpc) is 3.25. The summed E-state index contributed by atoms with van der Waals surface area (Å²) in [6, 6.07) is 6.12. The van der Waals surface area contributed by atoms with Crippen LogP contribution in [0, 0.1) is 5.82 Å². The van der Waals surface area contributed by atoms with Gasteiger partial charge in [-0.1, -0.05) is 12.1 Å². The number of anilines is 1. The van der Waals surface area contributed by atoms with Gasteiger partial charge in [0.1, 0.15) is 5.82 Å². The number of carbonyl (C=O) groups excluding carboxylic acids is 1. The molecule has 3 rings (SSSR count). The third kappa shape index (κ3) is 4.17. The molecule has 1 fully saturated rings. The Morgan fingerprint density at radius 3 is 2.88 bits per heavy atom. The van der Waals surface area contributed by atoms with Gasteiger partial charge in [-0.05, 0) is 43.3 Å². The second-order valence-corrected chi connectivity index (χ2v) is 6.14. The van der Waals surface area contributed by atoms with Gasteiger partial charge >= 0.3 is 6.09 Å². The van der Waals surface area contributed by atoms with Crippen LogP contribution in [-0.4, -0.2) is 41.2 Å². The molecule has 1 amide bonds. The van der Waals surface area contributed by atoms with Gasteiger partial charge in [0, 0.05) is 18.1 Å². The molecular formula is C17H19FN4O3S. The highest BCUT2D eigenvalue weighted by Gasteiger charge is 2.26. The number of halogens is 1. The fraction of sp³-hybridized carbons (Fsp3) is 0.353. The molecule has 1 aromatic carbocycles. The first-order valence-corrected chi connectivity index (χ1v) is 8.66. The lowest BCUT2D eigenvalue weighted by atomic mass is 9.96. The van der Waals surface area contributed by atoms with Crippen molar-refractivity contribution in [3.8, 4) is 11.1 Å². The van der Waals surface area contributed by atoms with Crippen molar-refractivity contribution in [2.24, 2.45) is 0 Å². The molecule has 1 aliphatic heterocycles. The number of rotatable bonds is 4. The highest BCUT2D eigenvalue weighted by Crippen LogP contribution is 2.37. The van der Waals surface area contributed by atoms with Crippen LogP contribution in [0.5, 0.6) is 0 Å². The lowest BCUT2D eigenvalue weighted by Gasteiger charge is -2.12. The topological polar surface area (TPSA) is 88.3 Å². The van der Waals surface area contributed by atoms with E-state index in [1.165, 1.54) is 12.1 Å². The Morgan fingerprint density at radius 1 is 1.46 bits per heavy atom. The predicted octanol–water partition coefficient (Wildman–Crippen LogP) is 3.16. The molecule has 3 N–H and O–H groups in total. The van der Waals surface area contributed by atoms with Crippen molar-refractivity contribution < 1.29 is 18.7 Å².